The normalized spacial score (nSPS) is 13.3. The summed E-state index contributed by atoms with van der Waals surface area (Å²) < 4.78 is 20.8. The van der Waals surface area contributed by atoms with Crippen LogP contribution in [0.1, 0.15) is 27.2 Å². The topological polar surface area (TPSA) is 77.1 Å². The largest absolute Gasteiger partial charge is 0.334 e. The standard InChI is InChI=1S/C23H20FN5O2/c1-14-6-3-4-9-17(14)23(30)29-11-10-19-18(13-29)20(26-28(19)2)22-25-21(27-31-22)15-7-5-8-16(24)12-15/h3-9,12H,10-11,13H2,1-2H3. The smallest absolute Gasteiger partial charge is 0.279 e. The Morgan fingerprint density at radius 1 is 1.16 bits per heavy atom. The van der Waals surface area contributed by atoms with E-state index in [2.05, 4.69) is 15.2 Å². The van der Waals surface area contributed by atoms with E-state index in [0.29, 0.717) is 36.3 Å². The molecule has 0 N–H and O–H groups in total. The summed E-state index contributed by atoms with van der Waals surface area (Å²) in [5, 5.41) is 8.57. The lowest BCUT2D eigenvalue weighted by Gasteiger charge is -2.28. The first kappa shape index (κ1) is 19.2. The van der Waals surface area contributed by atoms with E-state index in [9.17, 15) is 9.18 Å². The highest BCUT2D eigenvalue weighted by molar-refractivity contribution is 5.95. The summed E-state index contributed by atoms with van der Waals surface area (Å²) in [6.45, 7) is 2.95. The SMILES string of the molecule is Cc1ccccc1C(=O)N1CCc2c(c(-c3nc(-c4cccc(F)c4)no3)nn2C)C1. The molecule has 0 radical (unpaired) electrons. The molecule has 156 valence electrons. The van der Waals surface area contributed by atoms with E-state index in [1.165, 1.54) is 12.1 Å². The van der Waals surface area contributed by atoms with Crippen LogP contribution in [0.25, 0.3) is 23.0 Å². The molecule has 0 atom stereocenters. The maximum Gasteiger partial charge on any atom is 0.279 e. The van der Waals surface area contributed by atoms with Gasteiger partial charge in [0.1, 0.15) is 5.82 Å². The first-order valence-corrected chi connectivity index (χ1v) is 10.0. The van der Waals surface area contributed by atoms with E-state index < -0.39 is 0 Å². The number of aryl methyl sites for hydroxylation is 2. The lowest BCUT2D eigenvalue weighted by molar-refractivity contribution is 0.0733. The molecule has 3 heterocycles. The summed E-state index contributed by atoms with van der Waals surface area (Å²) >= 11 is 0. The summed E-state index contributed by atoms with van der Waals surface area (Å²) in [6.07, 6.45) is 0.682. The first-order chi connectivity index (χ1) is 15.0. The van der Waals surface area contributed by atoms with Crippen molar-refractivity contribution >= 4 is 5.91 Å². The van der Waals surface area contributed by atoms with Crippen LogP contribution in [0, 0.1) is 12.7 Å². The predicted molar refractivity (Wildman–Crippen MR) is 112 cm³/mol. The highest BCUT2D eigenvalue weighted by atomic mass is 19.1. The number of benzene rings is 2. The number of carbonyl (C=O) groups is 1. The summed E-state index contributed by atoms with van der Waals surface area (Å²) in [5.74, 6) is 0.160. The van der Waals surface area contributed by atoms with Gasteiger partial charge in [0, 0.05) is 42.4 Å². The lowest BCUT2D eigenvalue weighted by Crippen LogP contribution is -2.36. The fraction of sp³-hybridized carbons (Fsp3) is 0.217. The molecule has 7 nitrogen and oxygen atoms in total. The van der Waals surface area contributed by atoms with Gasteiger partial charge in [0.25, 0.3) is 11.8 Å². The van der Waals surface area contributed by atoms with Gasteiger partial charge in [-0.05, 0) is 30.7 Å². The molecule has 0 saturated carbocycles. The van der Waals surface area contributed by atoms with E-state index >= 15 is 0 Å². The molecule has 31 heavy (non-hydrogen) atoms. The Kier molecular flexibility index (Phi) is 4.62. The van der Waals surface area contributed by atoms with E-state index in [-0.39, 0.29) is 23.4 Å². The molecule has 0 saturated heterocycles. The van der Waals surface area contributed by atoms with Crippen LogP contribution in [0.4, 0.5) is 4.39 Å². The highest BCUT2D eigenvalue weighted by Gasteiger charge is 2.30. The molecule has 1 amide bonds. The molecule has 4 aromatic rings. The van der Waals surface area contributed by atoms with Crippen molar-refractivity contribution in [2.75, 3.05) is 6.54 Å². The Morgan fingerprint density at radius 2 is 2.00 bits per heavy atom. The van der Waals surface area contributed by atoms with E-state index in [1.807, 2.05) is 43.1 Å². The van der Waals surface area contributed by atoms with Gasteiger partial charge in [0.05, 0.1) is 6.54 Å². The van der Waals surface area contributed by atoms with Crippen molar-refractivity contribution in [1.82, 2.24) is 24.8 Å². The average molecular weight is 417 g/mol. The van der Waals surface area contributed by atoms with Crippen molar-refractivity contribution in [3.63, 3.8) is 0 Å². The molecule has 2 aromatic carbocycles. The zero-order valence-electron chi connectivity index (χ0n) is 17.2. The molecular formula is C23H20FN5O2. The van der Waals surface area contributed by atoms with Gasteiger partial charge in [0.15, 0.2) is 5.69 Å². The first-order valence-electron chi connectivity index (χ1n) is 10.0. The molecule has 0 fully saturated rings. The molecule has 8 heteroatoms. The summed E-state index contributed by atoms with van der Waals surface area (Å²) in [6, 6.07) is 13.6. The molecular weight excluding hydrogens is 397 g/mol. The third kappa shape index (κ3) is 3.39. The van der Waals surface area contributed by atoms with Gasteiger partial charge < -0.3 is 9.42 Å². The number of rotatable bonds is 3. The number of hydrogen-bond acceptors (Lipinski definition) is 5. The van der Waals surface area contributed by atoms with Crippen LogP contribution < -0.4 is 0 Å². The van der Waals surface area contributed by atoms with Crippen LogP contribution in [0.2, 0.25) is 0 Å². The van der Waals surface area contributed by atoms with Crippen molar-refractivity contribution < 1.29 is 13.7 Å². The van der Waals surface area contributed by atoms with Gasteiger partial charge in [-0.15, -0.1) is 0 Å². The van der Waals surface area contributed by atoms with Gasteiger partial charge >= 0.3 is 0 Å². The van der Waals surface area contributed by atoms with E-state index in [4.69, 9.17) is 4.52 Å². The molecule has 0 spiro atoms. The second-order valence-electron chi connectivity index (χ2n) is 7.62. The third-order valence-electron chi connectivity index (χ3n) is 5.62. The fourth-order valence-corrected chi connectivity index (χ4v) is 3.99. The van der Waals surface area contributed by atoms with E-state index in [1.54, 1.807) is 16.8 Å². The summed E-state index contributed by atoms with van der Waals surface area (Å²) in [7, 11) is 1.87. The number of halogens is 1. The quantitative estimate of drug-likeness (QED) is 0.507. The lowest BCUT2D eigenvalue weighted by atomic mass is 10.0. The summed E-state index contributed by atoms with van der Waals surface area (Å²) in [5.41, 5.74) is 4.65. The molecule has 0 unspecified atom stereocenters. The Balaban J connectivity index is 1.48. The van der Waals surface area contributed by atoms with Gasteiger partial charge in [-0.1, -0.05) is 35.5 Å². The van der Waals surface area contributed by atoms with Gasteiger partial charge in [-0.3, -0.25) is 9.48 Å². The minimum absolute atomic E-state index is 0.00969. The summed E-state index contributed by atoms with van der Waals surface area (Å²) in [4.78, 5) is 19.4. The number of fused-ring (bicyclic) bond motifs is 1. The van der Waals surface area contributed by atoms with Crippen LogP contribution in [-0.4, -0.2) is 37.3 Å². The van der Waals surface area contributed by atoms with Crippen LogP contribution in [0.15, 0.2) is 53.1 Å². The number of hydrogen-bond donors (Lipinski definition) is 0. The van der Waals surface area contributed by atoms with Gasteiger partial charge in [-0.2, -0.15) is 10.1 Å². The number of nitrogens with zero attached hydrogens (tertiary/aromatic N) is 5. The number of carbonyl (C=O) groups excluding carboxylic acids is 1. The molecule has 0 bridgehead atoms. The maximum atomic E-state index is 13.6. The van der Waals surface area contributed by atoms with Crippen molar-refractivity contribution in [1.29, 1.82) is 0 Å². The predicted octanol–water partition coefficient (Wildman–Crippen LogP) is 3.78. The molecule has 1 aliphatic rings. The van der Waals surface area contributed by atoms with Crippen LogP contribution in [0.5, 0.6) is 0 Å². The molecule has 2 aromatic heterocycles. The van der Waals surface area contributed by atoms with Gasteiger partial charge in [0.2, 0.25) is 5.82 Å². The number of amides is 1. The van der Waals surface area contributed by atoms with Crippen LogP contribution in [-0.2, 0) is 20.0 Å². The fourth-order valence-electron chi connectivity index (χ4n) is 3.99. The highest BCUT2D eigenvalue weighted by Crippen LogP contribution is 2.31. The zero-order chi connectivity index (χ0) is 21.5. The second kappa shape index (κ2) is 7.46. The van der Waals surface area contributed by atoms with Crippen molar-refractivity contribution in [3.05, 3.63) is 76.7 Å². The van der Waals surface area contributed by atoms with Crippen molar-refractivity contribution in [3.8, 4) is 23.0 Å². The third-order valence-corrected chi connectivity index (χ3v) is 5.62. The van der Waals surface area contributed by atoms with E-state index in [0.717, 1.165) is 16.8 Å². The Labute approximate surface area is 178 Å². The van der Waals surface area contributed by atoms with Crippen LogP contribution >= 0.6 is 0 Å². The number of aromatic nitrogens is 4. The molecule has 5 rings (SSSR count). The second-order valence-corrected chi connectivity index (χ2v) is 7.62. The van der Waals surface area contributed by atoms with Crippen LogP contribution in [0.3, 0.4) is 0 Å². The van der Waals surface area contributed by atoms with Crippen molar-refractivity contribution in [2.24, 2.45) is 7.05 Å². The van der Waals surface area contributed by atoms with Crippen molar-refractivity contribution in [2.45, 2.75) is 19.9 Å². The average Bonchev–Trinajstić information content (AvgIpc) is 3.38. The minimum Gasteiger partial charge on any atom is -0.334 e. The van der Waals surface area contributed by atoms with Gasteiger partial charge in [-0.25, -0.2) is 4.39 Å². The minimum atomic E-state index is -0.371. The maximum absolute atomic E-state index is 13.6. The molecule has 1 aliphatic heterocycles. The zero-order valence-corrected chi connectivity index (χ0v) is 17.2. The Hall–Kier alpha value is -3.81. The Morgan fingerprint density at radius 3 is 2.81 bits per heavy atom. The monoisotopic (exact) mass is 417 g/mol. The molecule has 0 aliphatic carbocycles. The Bertz CT molecular complexity index is 1290.